The van der Waals surface area contributed by atoms with Crippen LogP contribution in [0, 0.1) is 6.92 Å². The summed E-state index contributed by atoms with van der Waals surface area (Å²) >= 11 is 0. The second kappa shape index (κ2) is 7.31. The molecule has 2 amide bonds. The van der Waals surface area contributed by atoms with Crippen LogP contribution in [0.4, 0.5) is 5.69 Å². The number of hydrogen-bond acceptors (Lipinski definition) is 3. The minimum Gasteiger partial charge on any atom is -0.348 e. The highest BCUT2D eigenvalue weighted by atomic mass is 16.2. The van der Waals surface area contributed by atoms with Gasteiger partial charge in [0, 0.05) is 41.8 Å². The lowest BCUT2D eigenvalue weighted by molar-refractivity contribution is -0.117. The van der Waals surface area contributed by atoms with E-state index in [0.717, 1.165) is 28.6 Å². The zero-order valence-electron chi connectivity index (χ0n) is 15.6. The highest BCUT2D eigenvalue weighted by Crippen LogP contribution is 2.22. The number of H-pyrrole nitrogens is 1. The lowest BCUT2D eigenvalue weighted by Gasteiger charge is -2.16. The lowest BCUT2D eigenvalue weighted by atomic mass is 10.1. The van der Waals surface area contributed by atoms with Crippen LogP contribution in [0.5, 0.6) is 0 Å². The Kier molecular flexibility index (Phi) is 4.69. The molecule has 6 nitrogen and oxygen atoms in total. The molecule has 0 radical (unpaired) electrons. The quantitative estimate of drug-likeness (QED) is 0.736. The third-order valence-corrected chi connectivity index (χ3v) is 5.01. The van der Waals surface area contributed by atoms with Gasteiger partial charge < -0.3 is 15.2 Å². The number of rotatable bonds is 4. The van der Waals surface area contributed by atoms with Gasteiger partial charge in [-0.15, -0.1) is 0 Å². The van der Waals surface area contributed by atoms with Crippen LogP contribution in [0.2, 0.25) is 0 Å². The van der Waals surface area contributed by atoms with Crippen molar-refractivity contribution in [3.63, 3.8) is 0 Å². The predicted molar refractivity (Wildman–Crippen MR) is 109 cm³/mol. The van der Waals surface area contributed by atoms with Crippen molar-refractivity contribution in [2.75, 3.05) is 11.4 Å². The molecule has 3 aromatic rings. The molecular weight excluding hydrogens is 354 g/mol. The van der Waals surface area contributed by atoms with Crippen molar-refractivity contribution >= 4 is 28.4 Å². The molecule has 1 saturated heterocycles. The Morgan fingerprint density at radius 3 is 2.79 bits per heavy atom. The third kappa shape index (κ3) is 3.53. The van der Waals surface area contributed by atoms with Crippen molar-refractivity contribution in [3.8, 4) is 0 Å². The van der Waals surface area contributed by atoms with Crippen molar-refractivity contribution in [2.45, 2.75) is 26.3 Å². The molecule has 0 saturated carbocycles. The molecule has 1 fully saturated rings. The van der Waals surface area contributed by atoms with Gasteiger partial charge in [-0.25, -0.2) is 0 Å². The molecule has 28 heavy (non-hydrogen) atoms. The van der Waals surface area contributed by atoms with E-state index in [4.69, 9.17) is 0 Å². The molecule has 2 N–H and O–H groups in total. The molecule has 0 unspecified atom stereocenters. The van der Waals surface area contributed by atoms with Crippen LogP contribution in [0.25, 0.3) is 10.9 Å². The van der Waals surface area contributed by atoms with E-state index in [1.807, 2.05) is 31.2 Å². The molecule has 142 valence electrons. The van der Waals surface area contributed by atoms with Gasteiger partial charge in [0.2, 0.25) is 5.91 Å². The second-order valence-corrected chi connectivity index (χ2v) is 7.10. The standard InChI is InChI=1S/C22H21N3O3/c1-14-7-8-19-16(10-14)11-17(22(28)24-19)13-23-21(27)15-4-2-5-18(12-15)25-9-3-6-20(25)26/h2,4-5,7-8,10-12H,3,6,9,13H2,1H3,(H,23,27)(H,24,28). The number of benzene rings is 2. The average Bonchev–Trinajstić information content (AvgIpc) is 3.12. The maximum absolute atomic E-state index is 12.6. The van der Waals surface area contributed by atoms with Crippen LogP contribution in [0.15, 0.2) is 53.3 Å². The SMILES string of the molecule is Cc1ccc2[nH]c(=O)c(CNC(=O)c3cccc(N4CCCC4=O)c3)cc2c1. The van der Waals surface area contributed by atoms with Crippen molar-refractivity contribution < 1.29 is 9.59 Å². The van der Waals surface area contributed by atoms with Crippen LogP contribution in [0.3, 0.4) is 0 Å². The smallest absolute Gasteiger partial charge is 0.253 e. The number of amides is 2. The topological polar surface area (TPSA) is 82.3 Å². The Balaban J connectivity index is 1.52. The van der Waals surface area contributed by atoms with Gasteiger partial charge in [0.15, 0.2) is 0 Å². The number of carbonyl (C=O) groups is 2. The number of pyridine rings is 1. The van der Waals surface area contributed by atoms with Crippen molar-refractivity contribution in [1.29, 1.82) is 0 Å². The van der Waals surface area contributed by atoms with Crippen LogP contribution >= 0.6 is 0 Å². The predicted octanol–water partition coefficient (Wildman–Crippen LogP) is 2.89. The maximum Gasteiger partial charge on any atom is 0.253 e. The molecule has 1 aliphatic heterocycles. The fraction of sp³-hybridized carbons (Fsp3) is 0.227. The molecule has 0 atom stereocenters. The van der Waals surface area contributed by atoms with Gasteiger partial charge in [0.1, 0.15) is 0 Å². The molecule has 0 bridgehead atoms. The molecule has 2 heterocycles. The maximum atomic E-state index is 12.6. The summed E-state index contributed by atoms with van der Waals surface area (Å²) in [6.07, 6.45) is 1.38. The molecule has 4 rings (SSSR count). The van der Waals surface area contributed by atoms with E-state index in [0.29, 0.717) is 24.1 Å². The molecule has 1 aliphatic rings. The van der Waals surface area contributed by atoms with Crippen molar-refractivity contribution in [1.82, 2.24) is 10.3 Å². The first kappa shape index (κ1) is 18.0. The van der Waals surface area contributed by atoms with E-state index in [1.165, 1.54) is 0 Å². The van der Waals surface area contributed by atoms with Crippen LogP contribution in [-0.2, 0) is 11.3 Å². The van der Waals surface area contributed by atoms with E-state index in [9.17, 15) is 14.4 Å². The molecule has 2 aromatic carbocycles. The second-order valence-electron chi connectivity index (χ2n) is 7.10. The average molecular weight is 375 g/mol. The molecule has 6 heteroatoms. The minimum atomic E-state index is -0.280. The van der Waals surface area contributed by atoms with Gasteiger partial charge in [0.05, 0.1) is 0 Å². The monoisotopic (exact) mass is 375 g/mol. The number of aromatic nitrogens is 1. The highest BCUT2D eigenvalue weighted by Gasteiger charge is 2.22. The van der Waals surface area contributed by atoms with Gasteiger partial charge in [-0.05, 0) is 55.1 Å². The van der Waals surface area contributed by atoms with E-state index in [-0.39, 0.29) is 23.9 Å². The van der Waals surface area contributed by atoms with Crippen LogP contribution in [-0.4, -0.2) is 23.3 Å². The molecule has 0 spiro atoms. The first-order valence-electron chi connectivity index (χ1n) is 9.32. The van der Waals surface area contributed by atoms with Gasteiger partial charge in [-0.2, -0.15) is 0 Å². The zero-order chi connectivity index (χ0) is 19.7. The summed E-state index contributed by atoms with van der Waals surface area (Å²) in [6.45, 7) is 2.80. The largest absolute Gasteiger partial charge is 0.348 e. The summed E-state index contributed by atoms with van der Waals surface area (Å²) in [6, 6.07) is 14.6. The third-order valence-electron chi connectivity index (χ3n) is 5.01. The van der Waals surface area contributed by atoms with Gasteiger partial charge in [-0.3, -0.25) is 14.4 Å². The summed E-state index contributed by atoms with van der Waals surface area (Å²) in [5.41, 5.74) is 3.35. The number of carbonyl (C=O) groups excluding carboxylic acids is 2. The Labute approximate surface area is 162 Å². The first-order chi connectivity index (χ1) is 13.5. The fourth-order valence-electron chi connectivity index (χ4n) is 3.52. The van der Waals surface area contributed by atoms with Gasteiger partial charge in [-0.1, -0.05) is 17.7 Å². The summed E-state index contributed by atoms with van der Waals surface area (Å²) in [5, 5.41) is 3.73. The Morgan fingerprint density at radius 1 is 1.14 bits per heavy atom. The molecule has 1 aromatic heterocycles. The first-order valence-corrected chi connectivity index (χ1v) is 9.32. The van der Waals surface area contributed by atoms with E-state index >= 15 is 0 Å². The Morgan fingerprint density at radius 2 is 2.00 bits per heavy atom. The van der Waals surface area contributed by atoms with Crippen molar-refractivity contribution in [2.24, 2.45) is 0 Å². The van der Waals surface area contributed by atoms with Crippen molar-refractivity contribution in [3.05, 3.63) is 75.6 Å². The number of nitrogens with zero attached hydrogens (tertiary/aromatic N) is 1. The minimum absolute atomic E-state index is 0.0792. The lowest BCUT2D eigenvalue weighted by Crippen LogP contribution is -2.27. The van der Waals surface area contributed by atoms with Gasteiger partial charge >= 0.3 is 0 Å². The van der Waals surface area contributed by atoms with E-state index in [2.05, 4.69) is 10.3 Å². The molecular formula is C22H21N3O3. The van der Waals surface area contributed by atoms with Gasteiger partial charge in [0.25, 0.3) is 11.5 Å². The fourth-order valence-corrected chi connectivity index (χ4v) is 3.52. The number of fused-ring (bicyclic) bond motifs is 1. The Hall–Kier alpha value is -3.41. The molecule has 0 aliphatic carbocycles. The number of aryl methyl sites for hydroxylation is 1. The number of aromatic amines is 1. The van der Waals surface area contributed by atoms with E-state index in [1.54, 1.807) is 29.2 Å². The summed E-state index contributed by atoms with van der Waals surface area (Å²) < 4.78 is 0. The highest BCUT2D eigenvalue weighted by molar-refractivity contribution is 5.99. The zero-order valence-corrected chi connectivity index (χ0v) is 15.6. The summed E-state index contributed by atoms with van der Waals surface area (Å²) in [5.74, 6) is -0.201. The summed E-state index contributed by atoms with van der Waals surface area (Å²) in [4.78, 5) is 41.3. The van der Waals surface area contributed by atoms with Crippen LogP contribution < -0.4 is 15.8 Å². The number of nitrogens with one attached hydrogen (secondary N) is 2. The summed E-state index contributed by atoms with van der Waals surface area (Å²) in [7, 11) is 0. The van der Waals surface area contributed by atoms with E-state index < -0.39 is 0 Å². The number of hydrogen-bond donors (Lipinski definition) is 2. The normalized spacial score (nSPS) is 13.9. The number of anilines is 1. The van der Waals surface area contributed by atoms with Crippen LogP contribution in [0.1, 0.15) is 34.3 Å². The Bertz CT molecular complexity index is 1130.